The minimum absolute atomic E-state index is 0.0293. The Kier molecular flexibility index (Phi) is 4.86. The van der Waals surface area contributed by atoms with Gasteiger partial charge in [0.05, 0.1) is 17.6 Å². The van der Waals surface area contributed by atoms with Crippen LogP contribution in [0.1, 0.15) is 58.3 Å². The Morgan fingerprint density at radius 1 is 1.00 bits per heavy atom. The predicted molar refractivity (Wildman–Crippen MR) is 111 cm³/mol. The maximum absolute atomic E-state index is 13.1. The number of nitrogens with zero attached hydrogens (tertiary/aromatic N) is 3. The number of aromatic nitrogens is 2. The molecule has 0 bridgehead atoms. The number of furan rings is 1. The molecule has 7 heteroatoms. The Bertz CT molecular complexity index is 1030. The van der Waals surface area contributed by atoms with E-state index in [1.54, 1.807) is 21.7 Å². The highest BCUT2D eigenvalue weighted by molar-refractivity contribution is 5.94. The fraction of sp³-hybridized carbons (Fsp3) is 0.348. The molecule has 0 unspecified atom stereocenters. The van der Waals surface area contributed by atoms with Crippen LogP contribution in [0.2, 0.25) is 0 Å². The summed E-state index contributed by atoms with van der Waals surface area (Å²) in [5.41, 5.74) is 2.44. The molecule has 154 valence electrons. The fourth-order valence-electron chi connectivity index (χ4n) is 3.95. The van der Waals surface area contributed by atoms with Gasteiger partial charge in [0, 0.05) is 25.0 Å². The lowest BCUT2D eigenvalue weighted by Crippen LogP contribution is -2.46. The third kappa shape index (κ3) is 3.75. The Morgan fingerprint density at radius 2 is 1.77 bits per heavy atom. The van der Waals surface area contributed by atoms with E-state index in [1.807, 2.05) is 36.4 Å². The molecule has 5 rings (SSSR count). The molecule has 1 N–H and O–H groups in total. The summed E-state index contributed by atoms with van der Waals surface area (Å²) in [6, 6.07) is 15.1. The first-order valence-electron chi connectivity index (χ1n) is 10.5. The second-order valence-corrected chi connectivity index (χ2v) is 7.99. The van der Waals surface area contributed by atoms with E-state index in [4.69, 9.17) is 9.52 Å². The normalized spacial score (nSPS) is 17.1. The highest BCUT2D eigenvalue weighted by Gasteiger charge is 2.30. The van der Waals surface area contributed by atoms with Crippen molar-refractivity contribution in [3.05, 3.63) is 71.9 Å². The number of para-hydroxylation sites is 1. The number of piperidine rings is 1. The standard InChI is InChI=1S/C23H24N4O3/c28-22(24-17-10-12-26(13-11-17)23(29)21-7-4-14-30-21)20-15-19(16-8-9-16)25-27(20)18-5-2-1-3-6-18/h1-7,14-17H,8-13H2,(H,24,28). The van der Waals surface area contributed by atoms with E-state index in [0.29, 0.717) is 43.3 Å². The maximum atomic E-state index is 13.1. The molecule has 2 aromatic heterocycles. The Hall–Kier alpha value is -3.35. The topological polar surface area (TPSA) is 80.4 Å². The number of hydrogen-bond donors (Lipinski definition) is 1. The van der Waals surface area contributed by atoms with Crippen molar-refractivity contribution in [1.29, 1.82) is 0 Å². The van der Waals surface area contributed by atoms with Gasteiger partial charge < -0.3 is 14.6 Å². The molecule has 2 fully saturated rings. The molecule has 3 heterocycles. The van der Waals surface area contributed by atoms with Crippen molar-refractivity contribution in [3.63, 3.8) is 0 Å². The summed E-state index contributed by atoms with van der Waals surface area (Å²) >= 11 is 0. The van der Waals surface area contributed by atoms with Crippen LogP contribution in [0.3, 0.4) is 0 Å². The Morgan fingerprint density at radius 3 is 2.43 bits per heavy atom. The molecule has 1 aliphatic carbocycles. The summed E-state index contributed by atoms with van der Waals surface area (Å²) in [5, 5.41) is 7.86. The summed E-state index contributed by atoms with van der Waals surface area (Å²) in [6.07, 6.45) is 5.20. The third-order valence-electron chi connectivity index (χ3n) is 5.81. The van der Waals surface area contributed by atoms with Gasteiger partial charge in [0.1, 0.15) is 5.69 Å². The minimum Gasteiger partial charge on any atom is -0.459 e. The average Bonchev–Trinajstić information content (AvgIpc) is 3.30. The first-order valence-corrected chi connectivity index (χ1v) is 10.5. The number of likely N-dealkylation sites (tertiary alicyclic amines) is 1. The van der Waals surface area contributed by atoms with E-state index in [0.717, 1.165) is 24.2 Å². The van der Waals surface area contributed by atoms with Crippen LogP contribution in [-0.4, -0.2) is 45.6 Å². The zero-order valence-electron chi connectivity index (χ0n) is 16.7. The molecule has 3 aromatic rings. The van der Waals surface area contributed by atoms with Crippen molar-refractivity contribution in [2.24, 2.45) is 0 Å². The second kappa shape index (κ2) is 7.82. The van der Waals surface area contributed by atoms with Crippen LogP contribution in [0.5, 0.6) is 0 Å². The molecular formula is C23H24N4O3. The number of benzene rings is 1. The van der Waals surface area contributed by atoms with Gasteiger partial charge in [0.2, 0.25) is 0 Å². The van der Waals surface area contributed by atoms with Crippen molar-refractivity contribution in [3.8, 4) is 5.69 Å². The third-order valence-corrected chi connectivity index (χ3v) is 5.81. The van der Waals surface area contributed by atoms with Gasteiger partial charge in [-0.15, -0.1) is 0 Å². The van der Waals surface area contributed by atoms with E-state index in [9.17, 15) is 9.59 Å². The van der Waals surface area contributed by atoms with E-state index >= 15 is 0 Å². The van der Waals surface area contributed by atoms with Crippen LogP contribution < -0.4 is 5.32 Å². The maximum Gasteiger partial charge on any atom is 0.289 e. The first kappa shape index (κ1) is 18.7. The second-order valence-electron chi connectivity index (χ2n) is 7.99. The van der Waals surface area contributed by atoms with Crippen LogP contribution in [0, 0.1) is 0 Å². The van der Waals surface area contributed by atoms with Gasteiger partial charge in [-0.2, -0.15) is 5.10 Å². The largest absolute Gasteiger partial charge is 0.459 e. The zero-order chi connectivity index (χ0) is 20.5. The van der Waals surface area contributed by atoms with Crippen LogP contribution in [0.25, 0.3) is 5.69 Å². The lowest BCUT2D eigenvalue weighted by Gasteiger charge is -2.31. The molecule has 1 aliphatic heterocycles. The number of rotatable bonds is 5. The van der Waals surface area contributed by atoms with Gasteiger partial charge in [0.15, 0.2) is 5.76 Å². The van der Waals surface area contributed by atoms with Crippen molar-refractivity contribution in [2.75, 3.05) is 13.1 Å². The molecule has 1 saturated heterocycles. The smallest absolute Gasteiger partial charge is 0.289 e. The zero-order valence-corrected chi connectivity index (χ0v) is 16.7. The van der Waals surface area contributed by atoms with Crippen molar-refractivity contribution in [1.82, 2.24) is 20.0 Å². The number of carbonyl (C=O) groups excluding carboxylic acids is 2. The number of hydrogen-bond acceptors (Lipinski definition) is 4. The van der Waals surface area contributed by atoms with Crippen molar-refractivity contribution < 1.29 is 14.0 Å². The van der Waals surface area contributed by atoms with Gasteiger partial charge in [-0.3, -0.25) is 9.59 Å². The number of nitrogens with one attached hydrogen (secondary N) is 1. The van der Waals surface area contributed by atoms with Crippen LogP contribution >= 0.6 is 0 Å². The van der Waals surface area contributed by atoms with E-state index in [-0.39, 0.29) is 17.9 Å². The molecule has 2 amide bonds. The molecular weight excluding hydrogens is 380 g/mol. The highest BCUT2D eigenvalue weighted by atomic mass is 16.3. The van der Waals surface area contributed by atoms with Crippen molar-refractivity contribution >= 4 is 11.8 Å². The highest BCUT2D eigenvalue weighted by Crippen LogP contribution is 2.39. The summed E-state index contributed by atoms with van der Waals surface area (Å²) in [5.74, 6) is 0.615. The minimum atomic E-state index is -0.117. The monoisotopic (exact) mass is 404 g/mol. The van der Waals surface area contributed by atoms with Crippen molar-refractivity contribution in [2.45, 2.75) is 37.6 Å². The van der Waals surface area contributed by atoms with Gasteiger partial charge in [0.25, 0.3) is 11.8 Å². The molecule has 0 atom stereocenters. The van der Waals surface area contributed by atoms with Gasteiger partial charge in [-0.1, -0.05) is 18.2 Å². The van der Waals surface area contributed by atoms with E-state index < -0.39 is 0 Å². The van der Waals surface area contributed by atoms with Crippen LogP contribution in [0.15, 0.2) is 59.2 Å². The molecule has 1 aromatic carbocycles. The van der Waals surface area contributed by atoms with E-state index in [2.05, 4.69) is 5.32 Å². The SMILES string of the molecule is O=C(NC1CCN(C(=O)c2ccco2)CC1)c1cc(C2CC2)nn1-c1ccccc1. The molecule has 0 spiro atoms. The van der Waals surface area contributed by atoms with E-state index in [1.165, 1.54) is 6.26 Å². The molecule has 0 radical (unpaired) electrons. The Balaban J connectivity index is 1.27. The summed E-state index contributed by atoms with van der Waals surface area (Å²) in [7, 11) is 0. The van der Waals surface area contributed by atoms with Crippen LogP contribution in [-0.2, 0) is 0 Å². The fourth-order valence-corrected chi connectivity index (χ4v) is 3.95. The predicted octanol–water partition coefficient (Wildman–Crippen LogP) is 3.38. The van der Waals surface area contributed by atoms with Crippen LogP contribution in [0.4, 0.5) is 0 Å². The summed E-state index contributed by atoms with van der Waals surface area (Å²) in [6.45, 7) is 1.19. The summed E-state index contributed by atoms with van der Waals surface area (Å²) in [4.78, 5) is 27.3. The Labute approximate surface area is 174 Å². The molecule has 7 nitrogen and oxygen atoms in total. The lowest BCUT2D eigenvalue weighted by atomic mass is 10.0. The van der Waals surface area contributed by atoms with Gasteiger partial charge >= 0.3 is 0 Å². The van der Waals surface area contributed by atoms with Gasteiger partial charge in [-0.05, 0) is 56.0 Å². The molecule has 30 heavy (non-hydrogen) atoms. The number of amides is 2. The number of carbonyl (C=O) groups is 2. The average molecular weight is 404 g/mol. The first-order chi connectivity index (χ1) is 14.7. The summed E-state index contributed by atoms with van der Waals surface area (Å²) < 4.78 is 6.96. The lowest BCUT2D eigenvalue weighted by molar-refractivity contribution is 0.0667. The van der Waals surface area contributed by atoms with Gasteiger partial charge in [-0.25, -0.2) is 4.68 Å². The molecule has 1 saturated carbocycles. The quantitative estimate of drug-likeness (QED) is 0.707. The molecule has 2 aliphatic rings.